The van der Waals surface area contributed by atoms with E-state index in [9.17, 15) is 0 Å². The Bertz CT molecular complexity index is 224. The molecule has 0 spiro atoms. The van der Waals surface area contributed by atoms with Crippen LogP contribution in [0.3, 0.4) is 0 Å². The first-order valence-corrected chi connectivity index (χ1v) is 3.75. The van der Waals surface area contributed by atoms with E-state index < -0.39 is 0 Å². The number of phenols is 1. The minimum atomic E-state index is 0.161. The third kappa shape index (κ3) is 1.52. The standard InChI is InChI=1S/C6H6NO.Sb/c7-5-3-1-2-4-6(5)8;/h2-4,8H,7H2;. The first-order valence-electron chi connectivity index (χ1n) is 2.47. The summed E-state index contributed by atoms with van der Waals surface area (Å²) in [6.07, 6.45) is 0. The van der Waals surface area contributed by atoms with Crippen LogP contribution in [0.15, 0.2) is 18.2 Å². The second-order valence-corrected chi connectivity index (χ2v) is 3.22. The Morgan fingerprint density at radius 1 is 1.44 bits per heavy atom. The van der Waals surface area contributed by atoms with Gasteiger partial charge in [0.15, 0.2) is 0 Å². The number of benzene rings is 1. The van der Waals surface area contributed by atoms with Crippen LogP contribution in [0.1, 0.15) is 0 Å². The van der Waals surface area contributed by atoms with Crippen molar-refractivity contribution >= 4 is 32.2 Å². The fourth-order valence-corrected chi connectivity index (χ4v) is 1.15. The SMILES string of the molecule is Nc1c[c]([Sb])ccc1O. The molecule has 0 fully saturated rings. The molecule has 0 aromatic heterocycles. The molecule has 0 atom stereocenters. The van der Waals surface area contributed by atoms with Crippen molar-refractivity contribution < 1.29 is 5.11 Å². The molecule has 0 aliphatic heterocycles. The fraction of sp³-hybridized carbons (Fsp3) is 0. The van der Waals surface area contributed by atoms with E-state index in [1.165, 1.54) is 0 Å². The predicted octanol–water partition coefficient (Wildman–Crippen LogP) is -0.232. The van der Waals surface area contributed by atoms with Gasteiger partial charge in [0.1, 0.15) is 0 Å². The summed E-state index contributed by atoms with van der Waals surface area (Å²) in [5.41, 5.74) is 5.83. The van der Waals surface area contributed by atoms with Crippen LogP contribution in [-0.4, -0.2) is 28.1 Å². The van der Waals surface area contributed by atoms with Crippen molar-refractivity contribution in [2.75, 3.05) is 5.73 Å². The number of phenolic OH excluding ortho intramolecular Hbond substituents is 1. The average molecular weight is 230 g/mol. The molecule has 3 N–H and O–H groups in total. The van der Waals surface area contributed by atoms with Crippen molar-refractivity contribution in [1.29, 1.82) is 0 Å². The first kappa shape index (κ1) is 6.75. The van der Waals surface area contributed by atoms with Crippen LogP contribution in [0.25, 0.3) is 0 Å². The summed E-state index contributed by atoms with van der Waals surface area (Å²) in [4.78, 5) is 0. The van der Waals surface area contributed by atoms with Crippen molar-refractivity contribution in [3.05, 3.63) is 18.2 Å². The van der Waals surface area contributed by atoms with Gasteiger partial charge in [-0.05, 0) is 0 Å². The summed E-state index contributed by atoms with van der Waals surface area (Å²) in [6, 6.07) is 5.19. The van der Waals surface area contributed by atoms with E-state index in [1.54, 1.807) is 35.2 Å². The van der Waals surface area contributed by atoms with Crippen molar-refractivity contribution in [3.8, 4) is 5.75 Å². The molecule has 2 radical (unpaired) electrons. The summed E-state index contributed by atoms with van der Waals surface area (Å²) in [5, 5.41) is 8.92. The minimum absolute atomic E-state index is 0.161. The Kier molecular flexibility index (Phi) is 1.86. The Balaban J connectivity index is 3.17. The van der Waals surface area contributed by atoms with Crippen LogP contribution in [0, 0.1) is 0 Å². The number of nitrogens with two attached hydrogens (primary N) is 1. The van der Waals surface area contributed by atoms with Gasteiger partial charge in [-0.25, -0.2) is 0 Å². The Morgan fingerprint density at radius 3 is 2.56 bits per heavy atom. The van der Waals surface area contributed by atoms with Gasteiger partial charge in [0.25, 0.3) is 0 Å². The van der Waals surface area contributed by atoms with Gasteiger partial charge in [-0.15, -0.1) is 0 Å². The Morgan fingerprint density at radius 2 is 2.11 bits per heavy atom. The van der Waals surface area contributed by atoms with Gasteiger partial charge in [0.2, 0.25) is 0 Å². The number of aromatic hydroxyl groups is 1. The van der Waals surface area contributed by atoms with Gasteiger partial charge < -0.3 is 0 Å². The molecule has 0 aliphatic rings. The van der Waals surface area contributed by atoms with Gasteiger partial charge in [0.05, 0.1) is 0 Å². The third-order valence-corrected chi connectivity index (χ3v) is 1.81. The van der Waals surface area contributed by atoms with E-state index >= 15 is 0 Å². The molecular weight excluding hydrogens is 224 g/mol. The van der Waals surface area contributed by atoms with Gasteiger partial charge in [-0.3, -0.25) is 0 Å². The first-order chi connectivity index (χ1) is 4.20. The van der Waals surface area contributed by atoms with Crippen LogP contribution >= 0.6 is 0 Å². The fourth-order valence-electron chi connectivity index (χ4n) is 0.542. The number of rotatable bonds is 0. The van der Waals surface area contributed by atoms with Crippen molar-refractivity contribution in [1.82, 2.24) is 0 Å². The molecule has 9 heavy (non-hydrogen) atoms. The number of hydrogen-bond donors (Lipinski definition) is 2. The molecule has 0 saturated carbocycles. The molecule has 0 saturated heterocycles. The quantitative estimate of drug-likeness (QED) is 0.367. The Hall–Kier alpha value is -0.362. The molecular formula is C6H6NOSb. The zero-order valence-corrected chi connectivity index (χ0v) is 7.26. The van der Waals surface area contributed by atoms with E-state index in [1.807, 2.05) is 6.07 Å². The number of nitrogen functional groups attached to an aromatic ring is 1. The summed E-state index contributed by atoms with van der Waals surface area (Å²) >= 11 is 1.59. The zero-order valence-electron chi connectivity index (χ0n) is 4.70. The second kappa shape index (κ2) is 2.48. The predicted molar refractivity (Wildman–Crippen MR) is 37.9 cm³/mol. The molecule has 46 valence electrons. The van der Waals surface area contributed by atoms with Crippen molar-refractivity contribution in [3.63, 3.8) is 0 Å². The molecule has 3 heteroatoms. The molecule has 0 bridgehead atoms. The van der Waals surface area contributed by atoms with E-state index in [4.69, 9.17) is 10.8 Å². The molecule has 0 heterocycles. The maximum absolute atomic E-state index is 8.92. The summed E-state index contributed by atoms with van der Waals surface area (Å²) in [6.45, 7) is 0. The topological polar surface area (TPSA) is 46.2 Å². The van der Waals surface area contributed by atoms with Crippen LogP contribution < -0.4 is 9.24 Å². The third-order valence-electron chi connectivity index (χ3n) is 1.01. The van der Waals surface area contributed by atoms with Crippen LogP contribution in [0.4, 0.5) is 5.69 Å². The van der Waals surface area contributed by atoms with E-state index in [0.29, 0.717) is 5.69 Å². The molecule has 1 aromatic carbocycles. The number of anilines is 1. The average Bonchev–Trinajstić information content (AvgIpc) is 1.80. The molecule has 0 aliphatic carbocycles. The molecule has 1 rings (SSSR count). The van der Waals surface area contributed by atoms with Gasteiger partial charge >= 0.3 is 67.0 Å². The molecule has 2 nitrogen and oxygen atoms in total. The van der Waals surface area contributed by atoms with Crippen LogP contribution in [0.2, 0.25) is 0 Å². The second-order valence-electron chi connectivity index (χ2n) is 1.74. The summed E-state index contributed by atoms with van der Waals surface area (Å²) in [5.74, 6) is 0.161. The maximum atomic E-state index is 8.92. The zero-order chi connectivity index (χ0) is 6.85. The van der Waals surface area contributed by atoms with Gasteiger partial charge in [0, 0.05) is 0 Å². The van der Waals surface area contributed by atoms with Gasteiger partial charge in [-0.1, -0.05) is 0 Å². The van der Waals surface area contributed by atoms with Crippen LogP contribution in [-0.2, 0) is 0 Å². The van der Waals surface area contributed by atoms with E-state index in [2.05, 4.69) is 0 Å². The Labute approximate surface area is 67.2 Å². The monoisotopic (exact) mass is 229 g/mol. The summed E-state index contributed by atoms with van der Waals surface area (Å²) in [7, 11) is 0. The number of hydrogen-bond acceptors (Lipinski definition) is 2. The van der Waals surface area contributed by atoms with E-state index in [-0.39, 0.29) is 5.75 Å². The van der Waals surface area contributed by atoms with Crippen LogP contribution in [0.5, 0.6) is 5.75 Å². The van der Waals surface area contributed by atoms with E-state index in [0.717, 1.165) is 3.51 Å². The normalized spacial score (nSPS) is 9.44. The van der Waals surface area contributed by atoms with Crippen molar-refractivity contribution in [2.24, 2.45) is 0 Å². The van der Waals surface area contributed by atoms with Crippen molar-refractivity contribution in [2.45, 2.75) is 0 Å². The van der Waals surface area contributed by atoms with Gasteiger partial charge in [-0.2, -0.15) is 0 Å². The molecule has 1 aromatic rings. The molecule has 0 amide bonds. The summed E-state index contributed by atoms with van der Waals surface area (Å²) < 4.78 is 1.11. The molecule has 0 unspecified atom stereocenters.